The lowest BCUT2D eigenvalue weighted by Gasteiger charge is -2.14. The lowest BCUT2D eigenvalue weighted by molar-refractivity contribution is 0.164. The van der Waals surface area contributed by atoms with Crippen LogP contribution in [0.3, 0.4) is 0 Å². The Hall–Kier alpha value is -0.940. The molecule has 0 spiro atoms. The number of nitrogens with one attached hydrogen (secondary N) is 1. The third-order valence-corrected chi connectivity index (χ3v) is 2.41. The predicted octanol–water partition coefficient (Wildman–Crippen LogP) is 0.835. The average molecular weight is 240 g/mol. The van der Waals surface area contributed by atoms with Crippen LogP contribution in [0, 0.1) is 5.92 Å². The van der Waals surface area contributed by atoms with E-state index in [0.29, 0.717) is 24.9 Å². The van der Waals surface area contributed by atoms with E-state index in [1.807, 2.05) is 4.68 Å². The van der Waals surface area contributed by atoms with Crippen molar-refractivity contribution in [3.05, 3.63) is 12.2 Å². The molecule has 0 aromatic carbocycles. The molecule has 0 radical (unpaired) electrons. The van der Waals surface area contributed by atoms with Crippen molar-refractivity contribution in [2.24, 2.45) is 5.92 Å². The number of aliphatic hydroxyl groups is 1. The molecular weight excluding hydrogens is 216 g/mol. The number of hydrogen-bond acceptors (Lipinski definition) is 4. The van der Waals surface area contributed by atoms with Crippen LogP contribution >= 0.6 is 0 Å². The molecule has 0 aliphatic carbocycles. The fraction of sp³-hybridized carbons (Fsp3) is 0.833. The molecule has 0 saturated heterocycles. The van der Waals surface area contributed by atoms with Gasteiger partial charge in [0.15, 0.2) is 0 Å². The van der Waals surface area contributed by atoms with Crippen LogP contribution in [0.25, 0.3) is 0 Å². The molecule has 5 nitrogen and oxygen atoms in total. The second-order valence-electron chi connectivity index (χ2n) is 5.17. The van der Waals surface area contributed by atoms with Gasteiger partial charge in [0.2, 0.25) is 0 Å². The van der Waals surface area contributed by atoms with Crippen molar-refractivity contribution in [1.82, 2.24) is 20.1 Å². The minimum atomic E-state index is -0.410. The molecule has 1 unspecified atom stereocenters. The lowest BCUT2D eigenvalue weighted by atomic mass is 10.2. The molecule has 0 fully saturated rings. The van der Waals surface area contributed by atoms with Gasteiger partial charge >= 0.3 is 0 Å². The molecule has 0 saturated carbocycles. The zero-order chi connectivity index (χ0) is 12.8. The molecular formula is C12H24N4O. The van der Waals surface area contributed by atoms with E-state index in [4.69, 9.17) is 0 Å². The van der Waals surface area contributed by atoms with Crippen LogP contribution in [0.2, 0.25) is 0 Å². The molecule has 0 aliphatic rings. The number of hydrogen-bond donors (Lipinski definition) is 2. The minimum absolute atomic E-state index is 0.387. The summed E-state index contributed by atoms with van der Waals surface area (Å²) in [7, 11) is 0. The summed E-state index contributed by atoms with van der Waals surface area (Å²) in [6.07, 6.45) is 1.69. The molecule has 1 heterocycles. The van der Waals surface area contributed by atoms with Crippen molar-refractivity contribution in [3.63, 3.8) is 0 Å². The van der Waals surface area contributed by atoms with Gasteiger partial charge in [0.25, 0.3) is 0 Å². The van der Waals surface area contributed by atoms with Crippen molar-refractivity contribution in [1.29, 1.82) is 0 Å². The van der Waals surface area contributed by atoms with Crippen molar-refractivity contribution in [2.45, 2.75) is 52.8 Å². The zero-order valence-electron chi connectivity index (χ0n) is 11.2. The normalized spacial score (nSPS) is 13.6. The Kier molecular flexibility index (Phi) is 5.58. The van der Waals surface area contributed by atoms with Gasteiger partial charge in [0, 0.05) is 25.6 Å². The van der Waals surface area contributed by atoms with E-state index in [9.17, 15) is 5.11 Å². The first-order valence-corrected chi connectivity index (χ1v) is 6.27. The second-order valence-corrected chi connectivity index (χ2v) is 5.17. The molecule has 2 N–H and O–H groups in total. The van der Waals surface area contributed by atoms with E-state index in [1.165, 1.54) is 0 Å². The first kappa shape index (κ1) is 14.1. The summed E-state index contributed by atoms with van der Waals surface area (Å²) in [5.41, 5.74) is 0. The van der Waals surface area contributed by atoms with E-state index < -0.39 is 6.10 Å². The van der Waals surface area contributed by atoms with E-state index >= 15 is 0 Å². The quantitative estimate of drug-likeness (QED) is 0.741. The molecule has 0 amide bonds. The summed E-state index contributed by atoms with van der Waals surface area (Å²) in [5, 5.41) is 17.3. The van der Waals surface area contributed by atoms with Crippen molar-refractivity contribution in [2.75, 3.05) is 6.54 Å². The second kappa shape index (κ2) is 6.71. The summed E-state index contributed by atoms with van der Waals surface area (Å²) in [4.78, 5) is 4.20. The number of aromatic nitrogens is 3. The number of aliphatic hydroxyl groups excluding tert-OH is 1. The fourth-order valence-corrected chi connectivity index (χ4v) is 1.60. The molecule has 1 rings (SSSR count). The monoisotopic (exact) mass is 240 g/mol. The highest BCUT2D eigenvalue weighted by Crippen LogP contribution is 2.03. The minimum Gasteiger partial charge on any atom is -0.391 e. The maximum atomic E-state index is 9.88. The van der Waals surface area contributed by atoms with Gasteiger partial charge in [0.1, 0.15) is 12.2 Å². The Morgan fingerprint density at radius 3 is 2.65 bits per heavy atom. The number of rotatable bonds is 7. The Morgan fingerprint density at radius 1 is 1.35 bits per heavy atom. The van der Waals surface area contributed by atoms with Gasteiger partial charge in [-0.2, -0.15) is 5.10 Å². The molecule has 1 aromatic rings. The highest BCUT2D eigenvalue weighted by molar-refractivity contribution is 4.88. The van der Waals surface area contributed by atoms with Gasteiger partial charge in [0.05, 0.1) is 6.10 Å². The average Bonchev–Trinajstić information content (AvgIpc) is 2.62. The lowest BCUT2D eigenvalue weighted by Crippen LogP contribution is -2.33. The largest absolute Gasteiger partial charge is 0.391 e. The Morgan fingerprint density at radius 2 is 2.06 bits per heavy atom. The third kappa shape index (κ3) is 5.28. The first-order chi connectivity index (χ1) is 7.99. The SMILES string of the molecule is CC(C)Cn1ncnc1CC(O)CNC(C)C. The van der Waals surface area contributed by atoms with Gasteiger partial charge in [-0.25, -0.2) is 9.67 Å². The summed E-state index contributed by atoms with van der Waals surface area (Å²) in [5.74, 6) is 1.39. The standard InChI is InChI=1S/C12H24N4O/c1-9(2)7-16-12(14-8-15-16)5-11(17)6-13-10(3)4/h8-11,13,17H,5-7H2,1-4H3. The third-order valence-electron chi connectivity index (χ3n) is 2.41. The van der Waals surface area contributed by atoms with Crippen molar-refractivity contribution in [3.8, 4) is 0 Å². The topological polar surface area (TPSA) is 63.0 Å². The van der Waals surface area contributed by atoms with Crippen LogP contribution in [0.4, 0.5) is 0 Å². The highest BCUT2D eigenvalue weighted by Gasteiger charge is 2.12. The first-order valence-electron chi connectivity index (χ1n) is 6.27. The van der Waals surface area contributed by atoms with Gasteiger partial charge in [-0.1, -0.05) is 27.7 Å². The molecule has 1 aromatic heterocycles. The van der Waals surface area contributed by atoms with Crippen LogP contribution in [0.5, 0.6) is 0 Å². The van der Waals surface area contributed by atoms with Crippen molar-refractivity contribution < 1.29 is 5.11 Å². The summed E-state index contributed by atoms with van der Waals surface area (Å²) < 4.78 is 1.88. The summed E-state index contributed by atoms with van der Waals surface area (Å²) in [6, 6.07) is 0.387. The van der Waals surface area contributed by atoms with E-state index in [1.54, 1.807) is 6.33 Å². The van der Waals surface area contributed by atoms with E-state index in [0.717, 1.165) is 12.4 Å². The maximum Gasteiger partial charge on any atom is 0.138 e. The van der Waals surface area contributed by atoms with Crippen molar-refractivity contribution >= 4 is 0 Å². The molecule has 98 valence electrons. The molecule has 1 atom stereocenters. The molecule has 5 heteroatoms. The summed E-state index contributed by atoms with van der Waals surface area (Å²) in [6.45, 7) is 9.85. The number of nitrogens with zero attached hydrogens (tertiary/aromatic N) is 3. The zero-order valence-corrected chi connectivity index (χ0v) is 11.2. The van der Waals surface area contributed by atoms with Crippen LogP contribution < -0.4 is 5.32 Å². The summed E-state index contributed by atoms with van der Waals surface area (Å²) >= 11 is 0. The Balaban J connectivity index is 2.47. The molecule has 0 bridgehead atoms. The van der Waals surface area contributed by atoms with Gasteiger partial charge in [-0.3, -0.25) is 0 Å². The van der Waals surface area contributed by atoms with Crippen LogP contribution in [0.15, 0.2) is 6.33 Å². The van der Waals surface area contributed by atoms with Crippen LogP contribution in [-0.4, -0.2) is 38.6 Å². The predicted molar refractivity (Wildman–Crippen MR) is 67.7 cm³/mol. The highest BCUT2D eigenvalue weighted by atomic mass is 16.3. The van der Waals surface area contributed by atoms with Gasteiger partial charge in [-0.15, -0.1) is 0 Å². The van der Waals surface area contributed by atoms with E-state index in [-0.39, 0.29) is 0 Å². The van der Waals surface area contributed by atoms with Gasteiger partial charge < -0.3 is 10.4 Å². The van der Waals surface area contributed by atoms with E-state index in [2.05, 4.69) is 43.1 Å². The van der Waals surface area contributed by atoms with Gasteiger partial charge in [-0.05, 0) is 5.92 Å². The fourth-order valence-electron chi connectivity index (χ4n) is 1.60. The smallest absolute Gasteiger partial charge is 0.138 e. The van der Waals surface area contributed by atoms with Crippen LogP contribution in [0.1, 0.15) is 33.5 Å². The molecule has 17 heavy (non-hydrogen) atoms. The Labute approximate surface area is 103 Å². The molecule has 0 aliphatic heterocycles. The van der Waals surface area contributed by atoms with Crippen LogP contribution in [-0.2, 0) is 13.0 Å². The Bertz CT molecular complexity index is 322. The maximum absolute atomic E-state index is 9.88.